The highest BCUT2D eigenvalue weighted by Crippen LogP contribution is 2.14. The molecular weight excluding hydrogens is 1140 g/mol. The second-order valence-corrected chi connectivity index (χ2v) is 23.1. The number of aliphatic hydroxyl groups excluding tert-OH is 1. The molecule has 0 aromatic heterocycles. The van der Waals surface area contributed by atoms with E-state index in [1.165, 1.54) is 18.7 Å². The molecule has 0 aliphatic heterocycles. The van der Waals surface area contributed by atoms with Gasteiger partial charge in [-0.05, 0) is 99.3 Å². The number of unbranched alkanes of at least 4 members (excludes halogenated alkanes) is 1. The number of hydrogen-bond acceptors (Lipinski definition) is 16. The van der Waals surface area contributed by atoms with Gasteiger partial charge < -0.3 is 79.7 Å². The highest BCUT2D eigenvalue weighted by atomic mass is 32.2. The molecule has 0 spiro atoms. The highest BCUT2D eigenvalue weighted by molar-refractivity contribution is 7.98. The summed E-state index contributed by atoms with van der Waals surface area (Å²) in [6.07, 6.45) is -1.66. The van der Waals surface area contributed by atoms with E-state index in [0.29, 0.717) is 17.7 Å². The average molecular weight is 1230 g/mol. The van der Waals surface area contributed by atoms with Crippen LogP contribution in [0.5, 0.6) is 0 Å². The Bertz CT molecular complexity index is 2580. The van der Waals surface area contributed by atoms with Gasteiger partial charge in [-0.1, -0.05) is 102 Å². The van der Waals surface area contributed by atoms with E-state index in [-0.39, 0.29) is 51.0 Å². The largest absolute Gasteiger partial charge is 0.481 e. The number of rotatable bonds is 40. The van der Waals surface area contributed by atoms with Crippen LogP contribution >= 0.6 is 11.8 Å². The lowest BCUT2D eigenvalue weighted by atomic mass is 9.98. The lowest BCUT2D eigenvalue weighted by Gasteiger charge is -2.30. The summed E-state index contributed by atoms with van der Waals surface area (Å²) in [5, 5.41) is 62.2. The van der Waals surface area contributed by atoms with E-state index < -0.39 is 169 Å². The quantitative estimate of drug-likeness (QED) is 0.0364. The van der Waals surface area contributed by atoms with Crippen molar-refractivity contribution in [3.05, 3.63) is 71.8 Å². The molecule has 0 saturated heterocycles. The number of carboxylic acid groups (broad SMARTS) is 3. The van der Waals surface area contributed by atoms with Crippen LogP contribution in [0.15, 0.2) is 60.7 Å². The van der Waals surface area contributed by atoms with Crippen molar-refractivity contribution < 1.29 is 78.0 Å². The van der Waals surface area contributed by atoms with Gasteiger partial charge in [-0.3, -0.25) is 52.7 Å². The minimum Gasteiger partial charge on any atom is -0.481 e. The van der Waals surface area contributed by atoms with Crippen LogP contribution in [0, 0.1) is 17.8 Å². The molecule has 2 aromatic rings. The fourth-order valence-corrected chi connectivity index (χ4v) is 9.21. The molecule has 27 nitrogen and oxygen atoms in total. The van der Waals surface area contributed by atoms with Gasteiger partial charge in [0.25, 0.3) is 0 Å². The molecule has 2 aromatic carbocycles. The first-order chi connectivity index (χ1) is 40.5. The molecule has 0 fully saturated rings. The third-order valence-corrected chi connectivity index (χ3v) is 14.2. The van der Waals surface area contributed by atoms with E-state index in [1.54, 1.807) is 108 Å². The van der Waals surface area contributed by atoms with Crippen LogP contribution in [0.25, 0.3) is 0 Å². The Balaban J connectivity index is 2.47. The van der Waals surface area contributed by atoms with E-state index in [0.717, 1.165) is 5.56 Å². The van der Waals surface area contributed by atoms with E-state index in [4.69, 9.17) is 11.5 Å². The van der Waals surface area contributed by atoms with Gasteiger partial charge in [0.2, 0.25) is 53.2 Å². The summed E-state index contributed by atoms with van der Waals surface area (Å²) in [6, 6.07) is 2.52. The third-order valence-electron chi connectivity index (χ3n) is 13.5. The normalized spacial score (nSPS) is 15.1. The Hall–Kier alpha value is -7.69. The van der Waals surface area contributed by atoms with Crippen LogP contribution in [0.2, 0.25) is 0 Å². The Labute approximate surface area is 505 Å². The zero-order chi connectivity index (χ0) is 64.8. The Morgan fingerprint density at radius 3 is 1.36 bits per heavy atom. The highest BCUT2D eigenvalue weighted by Gasteiger charge is 2.38. The van der Waals surface area contributed by atoms with Crippen molar-refractivity contribution in [1.29, 1.82) is 0 Å². The van der Waals surface area contributed by atoms with Crippen LogP contribution < -0.4 is 59.3 Å². The molecule has 478 valence electrons. The lowest BCUT2D eigenvalue weighted by molar-refractivity contribution is -0.144. The second-order valence-electron chi connectivity index (χ2n) is 22.1. The van der Waals surface area contributed by atoms with Crippen molar-refractivity contribution in [2.45, 2.75) is 179 Å². The predicted molar refractivity (Wildman–Crippen MR) is 319 cm³/mol. The maximum Gasteiger partial charge on any atom is 0.326 e. The van der Waals surface area contributed by atoms with E-state index in [9.17, 15) is 78.0 Å². The molecule has 9 amide bonds. The van der Waals surface area contributed by atoms with Gasteiger partial charge in [0.05, 0.1) is 18.6 Å². The Morgan fingerprint density at radius 1 is 0.465 bits per heavy atom. The van der Waals surface area contributed by atoms with Crippen molar-refractivity contribution >= 4 is 82.8 Å². The molecule has 0 bridgehead atoms. The van der Waals surface area contributed by atoms with E-state index >= 15 is 0 Å². The number of amides is 9. The van der Waals surface area contributed by atoms with Gasteiger partial charge in [-0.25, -0.2) is 4.79 Å². The number of aliphatic carboxylic acids is 3. The predicted octanol–water partition coefficient (Wildman–Crippen LogP) is -0.793. The van der Waals surface area contributed by atoms with Crippen LogP contribution in [0.3, 0.4) is 0 Å². The fraction of sp³-hybridized carbons (Fsp3) is 0.586. The number of hydrogen-bond donors (Lipinski definition) is 15. The molecule has 11 atom stereocenters. The molecule has 0 saturated carbocycles. The molecule has 0 unspecified atom stereocenters. The van der Waals surface area contributed by atoms with Gasteiger partial charge in [0.15, 0.2) is 0 Å². The van der Waals surface area contributed by atoms with Crippen molar-refractivity contribution in [3.63, 3.8) is 0 Å². The van der Waals surface area contributed by atoms with Crippen molar-refractivity contribution in [1.82, 2.24) is 47.9 Å². The van der Waals surface area contributed by atoms with E-state index in [1.807, 2.05) is 0 Å². The number of nitrogens with two attached hydrogens (primary N) is 2. The molecule has 17 N–H and O–H groups in total. The maximum absolute atomic E-state index is 14.3. The summed E-state index contributed by atoms with van der Waals surface area (Å²) in [7, 11) is 0. The number of carbonyl (C=O) groups is 12. The third kappa shape index (κ3) is 27.1. The first-order valence-electron chi connectivity index (χ1n) is 28.6. The second kappa shape index (κ2) is 38.4. The molecule has 0 heterocycles. The van der Waals surface area contributed by atoms with Gasteiger partial charge in [0, 0.05) is 12.8 Å². The minimum absolute atomic E-state index is 0.0269. The summed E-state index contributed by atoms with van der Waals surface area (Å²) >= 11 is 1.39. The molecular formula is C58H89N11O16S. The molecule has 0 aliphatic carbocycles. The topological polar surface area (TPSA) is 446 Å². The van der Waals surface area contributed by atoms with Gasteiger partial charge in [-0.15, -0.1) is 0 Å². The number of aliphatic hydroxyl groups is 1. The van der Waals surface area contributed by atoms with Crippen molar-refractivity contribution in [3.8, 4) is 0 Å². The lowest BCUT2D eigenvalue weighted by Crippen LogP contribution is -2.62. The smallest absolute Gasteiger partial charge is 0.326 e. The monoisotopic (exact) mass is 1230 g/mol. The number of nitrogens with one attached hydrogen (secondary N) is 9. The van der Waals surface area contributed by atoms with E-state index in [2.05, 4.69) is 47.9 Å². The maximum atomic E-state index is 14.3. The summed E-state index contributed by atoms with van der Waals surface area (Å²) in [4.78, 5) is 162. The molecule has 28 heteroatoms. The molecule has 0 radical (unpaired) electrons. The number of carbonyl (C=O) groups excluding carboxylic acids is 9. The summed E-state index contributed by atoms with van der Waals surface area (Å²) in [6.45, 7) is 11.1. The van der Waals surface area contributed by atoms with Gasteiger partial charge in [-0.2, -0.15) is 11.8 Å². The summed E-state index contributed by atoms with van der Waals surface area (Å²) < 4.78 is 0. The fourth-order valence-electron chi connectivity index (χ4n) is 8.74. The molecule has 2 rings (SSSR count). The average Bonchev–Trinajstić information content (AvgIpc) is 2.80. The van der Waals surface area contributed by atoms with Crippen LogP contribution in [0.4, 0.5) is 0 Å². The number of thioether (sulfide) groups is 1. The Morgan fingerprint density at radius 2 is 0.884 bits per heavy atom. The zero-order valence-electron chi connectivity index (χ0n) is 50.1. The van der Waals surface area contributed by atoms with Crippen molar-refractivity contribution in [2.75, 3.05) is 18.6 Å². The Kier molecular flexibility index (Phi) is 33.2. The van der Waals surface area contributed by atoms with Gasteiger partial charge >= 0.3 is 17.9 Å². The SMILES string of the molecule is CSCC[C@H](NC(=O)[C@@H](N)Cc1ccccc1)C(=O)N[C@@H](Cc1ccccc1)C(=O)N[C@@H](CC(=O)O)C(=O)N[C@@H](CCC(=O)O)C(=O)N[C@@H](CCCCN)C(=O)N[C@@H](CC(C)C)C(=O)N[C@H](C(=O)N[C@H](C(=O)N[C@H](C(=O)O)C(C)C)[C@@H](C)O)C(C)C. The zero-order valence-corrected chi connectivity index (χ0v) is 50.9. The van der Waals surface area contributed by atoms with Crippen LogP contribution in [0.1, 0.15) is 111 Å². The van der Waals surface area contributed by atoms with Gasteiger partial charge in [0.1, 0.15) is 54.4 Å². The van der Waals surface area contributed by atoms with Crippen molar-refractivity contribution in [2.24, 2.45) is 29.2 Å². The van der Waals surface area contributed by atoms with Crippen LogP contribution in [-0.2, 0) is 70.4 Å². The summed E-state index contributed by atoms with van der Waals surface area (Å²) in [5.74, 6) is -14.1. The number of benzene rings is 2. The number of carboxylic acids is 3. The first kappa shape index (κ1) is 74.4. The first-order valence-corrected chi connectivity index (χ1v) is 30.0. The standard InChI is InChI=1S/C58H89N11O16S/c1-31(2)27-41(55(81)67-46(32(3)4)56(82)69-48(34(7)70)57(83)68-47(33(5)6)58(84)85)64-50(76)38(21-15-16-25-59)62-51(77)39(22-23-44(71)72)63-54(80)43(30-45(73)74)66-53(79)42(29-36-19-13-10-14-20-36)65-52(78)40(24-26-86-8)61-49(75)37(60)28-35-17-11-9-12-18-35/h9-14,17-20,31-34,37-43,46-48,70H,15-16,21-30,59-60H2,1-8H3,(H,61,75)(H,62,77)(H,63,80)(H,64,76)(H,65,78)(H,66,79)(H,67,81)(H,68,83)(H,69,82)(H,71,72)(H,73,74)(H,84,85)/t34-,37+,38+,39+,40+,41+,42+,43+,46+,47+,48+/m1/s1. The molecule has 0 aliphatic rings. The summed E-state index contributed by atoms with van der Waals surface area (Å²) in [5.41, 5.74) is 13.3. The minimum atomic E-state index is -1.96. The van der Waals surface area contributed by atoms with Crippen LogP contribution in [-0.4, -0.2) is 177 Å². The molecule has 86 heavy (non-hydrogen) atoms.